The van der Waals surface area contributed by atoms with Crippen molar-refractivity contribution >= 4 is 17.5 Å². The van der Waals surface area contributed by atoms with Gasteiger partial charge >= 0.3 is 0 Å². The van der Waals surface area contributed by atoms with Gasteiger partial charge in [-0.1, -0.05) is 6.92 Å². The molecule has 2 amide bonds. The monoisotopic (exact) mass is 279 g/mol. The van der Waals surface area contributed by atoms with Gasteiger partial charge in [-0.2, -0.15) is 5.10 Å². The van der Waals surface area contributed by atoms with Gasteiger partial charge < -0.3 is 15.5 Å². The van der Waals surface area contributed by atoms with E-state index in [1.54, 1.807) is 47.8 Å². The predicted octanol–water partition coefficient (Wildman–Crippen LogP) is -0.421. The molecule has 1 aliphatic heterocycles. The molecule has 1 fully saturated rings. The number of rotatable bonds is 3. The Hall–Kier alpha value is -1.89. The van der Waals surface area contributed by atoms with Crippen LogP contribution in [0.3, 0.4) is 0 Å². The van der Waals surface area contributed by atoms with Crippen LogP contribution >= 0.6 is 0 Å². The highest BCUT2D eigenvalue weighted by molar-refractivity contribution is 5.98. The van der Waals surface area contributed by atoms with Crippen molar-refractivity contribution < 1.29 is 9.59 Å². The molecule has 2 N–H and O–H groups in total. The summed E-state index contributed by atoms with van der Waals surface area (Å²) in [6, 6.07) is -0.214. The lowest BCUT2D eigenvalue weighted by molar-refractivity contribution is -0.140. The highest BCUT2D eigenvalue weighted by atomic mass is 16.2. The fraction of sp³-hybridized carbons (Fsp3) is 0.615. The Morgan fingerprint density at radius 2 is 2.10 bits per heavy atom. The molecule has 20 heavy (non-hydrogen) atoms. The molecule has 1 aromatic rings. The van der Waals surface area contributed by atoms with E-state index in [0.29, 0.717) is 13.1 Å². The lowest BCUT2D eigenvalue weighted by Crippen LogP contribution is -2.54. The Bertz CT molecular complexity index is 511. The standard InChI is InChI=1S/C13H21N5O2/c1-9(10(2)14)13(20)17-4-5-18(12(19)8-17)11-6-15-16(3)7-11/h6-7,9-10H,4-5,8,14H2,1-3H3. The number of aromatic nitrogens is 2. The first-order valence-corrected chi connectivity index (χ1v) is 6.73. The van der Waals surface area contributed by atoms with Crippen molar-refractivity contribution in [1.29, 1.82) is 0 Å². The minimum atomic E-state index is -0.271. The summed E-state index contributed by atoms with van der Waals surface area (Å²) in [4.78, 5) is 27.6. The van der Waals surface area contributed by atoms with Crippen LogP contribution in [0.1, 0.15) is 13.8 Å². The van der Waals surface area contributed by atoms with Crippen molar-refractivity contribution in [3.63, 3.8) is 0 Å². The first-order valence-electron chi connectivity index (χ1n) is 6.73. The number of hydrogen-bond acceptors (Lipinski definition) is 4. The molecule has 0 bridgehead atoms. The zero-order valence-electron chi connectivity index (χ0n) is 12.1. The second-order valence-electron chi connectivity index (χ2n) is 5.33. The molecule has 2 heterocycles. The number of nitrogens with two attached hydrogens (primary N) is 1. The maximum Gasteiger partial charge on any atom is 0.246 e. The molecule has 0 radical (unpaired) electrons. The van der Waals surface area contributed by atoms with E-state index in [0.717, 1.165) is 5.69 Å². The maximum atomic E-state index is 12.2. The fourth-order valence-electron chi connectivity index (χ4n) is 2.19. The van der Waals surface area contributed by atoms with Crippen LogP contribution in [0.5, 0.6) is 0 Å². The Morgan fingerprint density at radius 1 is 1.40 bits per heavy atom. The molecule has 0 spiro atoms. The van der Waals surface area contributed by atoms with Gasteiger partial charge in [0.15, 0.2) is 0 Å². The molecule has 0 aliphatic carbocycles. The molecule has 2 atom stereocenters. The van der Waals surface area contributed by atoms with Crippen molar-refractivity contribution in [3.05, 3.63) is 12.4 Å². The first kappa shape index (κ1) is 14.5. The van der Waals surface area contributed by atoms with E-state index in [9.17, 15) is 9.59 Å². The van der Waals surface area contributed by atoms with Crippen LogP contribution in [0.2, 0.25) is 0 Å². The average molecular weight is 279 g/mol. The quantitative estimate of drug-likeness (QED) is 0.814. The normalized spacial score (nSPS) is 19.1. The maximum absolute atomic E-state index is 12.2. The number of amides is 2. The van der Waals surface area contributed by atoms with Gasteiger partial charge in [0, 0.05) is 32.4 Å². The summed E-state index contributed by atoms with van der Waals surface area (Å²) in [6.07, 6.45) is 3.44. The predicted molar refractivity (Wildman–Crippen MR) is 75.0 cm³/mol. The molecule has 7 heteroatoms. The van der Waals surface area contributed by atoms with E-state index in [1.165, 1.54) is 0 Å². The van der Waals surface area contributed by atoms with E-state index in [1.807, 2.05) is 0 Å². The third-order valence-electron chi connectivity index (χ3n) is 3.71. The lowest BCUT2D eigenvalue weighted by atomic mass is 10.0. The molecule has 7 nitrogen and oxygen atoms in total. The van der Waals surface area contributed by atoms with Crippen LogP contribution in [-0.4, -0.2) is 52.2 Å². The largest absolute Gasteiger partial charge is 0.331 e. The number of carbonyl (C=O) groups excluding carboxylic acids is 2. The van der Waals surface area contributed by atoms with Gasteiger partial charge in [0.2, 0.25) is 11.8 Å². The summed E-state index contributed by atoms with van der Waals surface area (Å²) < 4.78 is 1.65. The SMILES string of the molecule is CC(N)C(C)C(=O)N1CCN(c2cnn(C)c2)C(=O)C1. The van der Waals surface area contributed by atoms with Gasteiger partial charge in [-0.25, -0.2) is 0 Å². The Balaban J connectivity index is 2.02. The molecular formula is C13H21N5O2. The summed E-state index contributed by atoms with van der Waals surface area (Å²) in [6.45, 7) is 4.71. The van der Waals surface area contributed by atoms with Gasteiger partial charge in [0.05, 0.1) is 17.8 Å². The smallest absolute Gasteiger partial charge is 0.246 e. The van der Waals surface area contributed by atoms with Gasteiger partial charge in [-0.05, 0) is 6.92 Å². The van der Waals surface area contributed by atoms with Crippen molar-refractivity contribution in [3.8, 4) is 0 Å². The van der Waals surface area contributed by atoms with Crippen molar-refractivity contribution in [2.75, 3.05) is 24.5 Å². The van der Waals surface area contributed by atoms with Crippen LogP contribution in [-0.2, 0) is 16.6 Å². The first-order chi connectivity index (χ1) is 9.40. The number of aryl methyl sites for hydroxylation is 1. The number of piperazine rings is 1. The van der Waals surface area contributed by atoms with Gasteiger partial charge in [0.25, 0.3) is 0 Å². The number of anilines is 1. The summed E-state index contributed by atoms with van der Waals surface area (Å²) in [5.74, 6) is -0.415. The topological polar surface area (TPSA) is 84.5 Å². The highest BCUT2D eigenvalue weighted by Crippen LogP contribution is 2.17. The van der Waals surface area contributed by atoms with E-state index in [4.69, 9.17) is 5.73 Å². The summed E-state index contributed by atoms with van der Waals surface area (Å²) in [5, 5.41) is 4.06. The highest BCUT2D eigenvalue weighted by Gasteiger charge is 2.31. The Kier molecular flexibility index (Phi) is 4.08. The Labute approximate surface area is 118 Å². The molecule has 110 valence electrons. The third-order valence-corrected chi connectivity index (χ3v) is 3.71. The second kappa shape index (κ2) is 5.62. The molecule has 2 rings (SSSR count). The summed E-state index contributed by atoms with van der Waals surface area (Å²) in [7, 11) is 1.80. The number of hydrogen-bond donors (Lipinski definition) is 1. The molecule has 0 saturated carbocycles. The zero-order chi connectivity index (χ0) is 14.9. The van der Waals surface area contributed by atoms with Crippen LogP contribution in [0.4, 0.5) is 5.69 Å². The Morgan fingerprint density at radius 3 is 2.60 bits per heavy atom. The van der Waals surface area contributed by atoms with Crippen LogP contribution < -0.4 is 10.6 Å². The molecule has 2 unspecified atom stereocenters. The van der Waals surface area contributed by atoms with Crippen LogP contribution in [0, 0.1) is 5.92 Å². The summed E-state index contributed by atoms with van der Waals surface area (Å²) in [5.41, 5.74) is 6.51. The molecule has 0 aromatic carbocycles. The number of carbonyl (C=O) groups is 2. The minimum absolute atomic E-state index is 0.0563. The third kappa shape index (κ3) is 2.82. The van der Waals surface area contributed by atoms with Gasteiger partial charge in [0.1, 0.15) is 6.54 Å². The number of nitrogens with zero attached hydrogens (tertiary/aromatic N) is 4. The summed E-state index contributed by atoms with van der Waals surface area (Å²) >= 11 is 0. The molecule has 1 aromatic heterocycles. The minimum Gasteiger partial charge on any atom is -0.331 e. The van der Waals surface area contributed by atoms with E-state index < -0.39 is 0 Å². The van der Waals surface area contributed by atoms with Crippen molar-refractivity contribution in [2.45, 2.75) is 19.9 Å². The zero-order valence-corrected chi connectivity index (χ0v) is 12.1. The van der Waals surface area contributed by atoms with E-state index in [2.05, 4.69) is 5.10 Å². The van der Waals surface area contributed by atoms with E-state index >= 15 is 0 Å². The van der Waals surface area contributed by atoms with Gasteiger partial charge in [-0.3, -0.25) is 14.3 Å². The van der Waals surface area contributed by atoms with Crippen LogP contribution in [0.25, 0.3) is 0 Å². The molecule has 1 saturated heterocycles. The van der Waals surface area contributed by atoms with Crippen LogP contribution in [0.15, 0.2) is 12.4 Å². The average Bonchev–Trinajstić information content (AvgIpc) is 2.83. The lowest BCUT2D eigenvalue weighted by Gasteiger charge is -2.35. The molecule has 1 aliphatic rings. The van der Waals surface area contributed by atoms with Crippen molar-refractivity contribution in [2.24, 2.45) is 18.7 Å². The second-order valence-corrected chi connectivity index (χ2v) is 5.33. The molecular weight excluding hydrogens is 258 g/mol. The van der Waals surface area contributed by atoms with Crippen molar-refractivity contribution in [1.82, 2.24) is 14.7 Å². The van der Waals surface area contributed by atoms with E-state index in [-0.39, 0.29) is 30.3 Å². The van der Waals surface area contributed by atoms with Gasteiger partial charge in [-0.15, -0.1) is 0 Å². The fourth-order valence-corrected chi connectivity index (χ4v) is 2.19.